The first-order valence-electron chi connectivity index (χ1n) is 8.34. The molecule has 0 bridgehead atoms. The van der Waals surface area contributed by atoms with Crippen LogP contribution in [-0.2, 0) is 6.61 Å². The number of aliphatic hydroxyl groups excluding tert-OH is 1. The van der Waals surface area contributed by atoms with Gasteiger partial charge in [-0.3, -0.25) is 4.79 Å². The fourth-order valence-corrected chi connectivity index (χ4v) is 2.83. The van der Waals surface area contributed by atoms with Crippen LogP contribution in [0.15, 0.2) is 40.8 Å². The van der Waals surface area contributed by atoms with Crippen LogP contribution < -0.4 is 10.1 Å². The van der Waals surface area contributed by atoms with Gasteiger partial charge in [0.15, 0.2) is 5.76 Å². The Morgan fingerprint density at radius 1 is 1.20 bits per heavy atom. The molecule has 1 fully saturated rings. The van der Waals surface area contributed by atoms with E-state index in [1.54, 1.807) is 36.4 Å². The van der Waals surface area contributed by atoms with Gasteiger partial charge in [0.25, 0.3) is 5.91 Å². The van der Waals surface area contributed by atoms with Gasteiger partial charge < -0.3 is 19.6 Å². The number of hydrogen-bond donors (Lipinski definition) is 2. The highest BCUT2D eigenvalue weighted by Gasteiger charge is 2.22. The summed E-state index contributed by atoms with van der Waals surface area (Å²) in [4.78, 5) is 12.2. The molecule has 0 aliphatic heterocycles. The Morgan fingerprint density at radius 2 is 1.92 bits per heavy atom. The van der Waals surface area contributed by atoms with E-state index < -0.39 is 0 Å². The number of hydrogen-bond acceptors (Lipinski definition) is 5. The van der Waals surface area contributed by atoms with Gasteiger partial charge in [-0.15, -0.1) is 0 Å². The van der Waals surface area contributed by atoms with Crippen LogP contribution in [0.3, 0.4) is 0 Å². The van der Waals surface area contributed by atoms with Gasteiger partial charge in [-0.2, -0.15) is 5.26 Å². The second kappa shape index (κ2) is 7.86. The highest BCUT2D eigenvalue weighted by molar-refractivity contribution is 5.91. The number of furan rings is 1. The average molecular weight is 340 g/mol. The second-order valence-corrected chi connectivity index (χ2v) is 6.17. The Balaban J connectivity index is 1.51. The van der Waals surface area contributed by atoms with Crippen molar-refractivity contribution in [3.8, 4) is 11.8 Å². The zero-order chi connectivity index (χ0) is 17.6. The van der Waals surface area contributed by atoms with Crippen molar-refractivity contribution in [3.63, 3.8) is 0 Å². The lowest BCUT2D eigenvalue weighted by molar-refractivity contribution is 0.0839. The Morgan fingerprint density at radius 3 is 2.60 bits per heavy atom. The molecule has 1 aliphatic rings. The minimum Gasteiger partial charge on any atom is -0.486 e. The fourth-order valence-electron chi connectivity index (χ4n) is 2.83. The first kappa shape index (κ1) is 17.1. The van der Waals surface area contributed by atoms with Crippen LogP contribution in [0, 0.1) is 11.3 Å². The molecule has 0 unspecified atom stereocenters. The predicted molar refractivity (Wildman–Crippen MR) is 89.9 cm³/mol. The third kappa shape index (κ3) is 4.61. The van der Waals surface area contributed by atoms with E-state index in [1.807, 2.05) is 6.07 Å². The summed E-state index contributed by atoms with van der Waals surface area (Å²) < 4.78 is 11.1. The van der Waals surface area contributed by atoms with E-state index in [0.717, 1.165) is 12.8 Å². The number of amides is 1. The lowest BCUT2D eigenvalue weighted by Gasteiger charge is -2.25. The molecule has 25 heavy (non-hydrogen) atoms. The molecular formula is C19H20N2O4. The maximum absolute atomic E-state index is 12.2. The van der Waals surface area contributed by atoms with Gasteiger partial charge in [-0.25, -0.2) is 0 Å². The number of nitriles is 1. The molecule has 1 amide bonds. The molecule has 1 aromatic carbocycles. The van der Waals surface area contributed by atoms with Crippen molar-refractivity contribution in [1.29, 1.82) is 5.26 Å². The second-order valence-electron chi connectivity index (χ2n) is 6.17. The van der Waals surface area contributed by atoms with Gasteiger partial charge in [0.2, 0.25) is 0 Å². The third-order valence-electron chi connectivity index (χ3n) is 4.28. The van der Waals surface area contributed by atoms with E-state index in [4.69, 9.17) is 14.4 Å². The first-order chi connectivity index (χ1) is 12.1. The maximum atomic E-state index is 12.2. The topological polar surface area (TPSA) is 95.5 Å². The Kier molecular flexibility index (Phi) is 5.36. The van der Waals surface area contributed by atoms with E-state index in [0.29, 0.717) is 29.9 Å². The lowest BCUT2D eigenvalue weighted by atomic mass is 9.93. The first-order valence-corrected chi connectivity index (χ1v) is 8.34. The molecular weight excluding hydrogens is 320 g/mol. The van der Waals surface area contributed by atoms with Gasteiger partial charge in [0.1, 0.15) is 18.1 Å². The standard InChI is InChI=1S/C19H20N2O4/c20-11-13-1-7-16(8-2-13)24-12-17-9-10-18(25-17)19(23)21-14-3-5-15(22)6-4-14/h1-2,7-10,14-15,22H,3-6,12H2,(H,21,23). The van der Waals surface area contributed by atoms with Gasteiger partial charge >= 0.3 is 0 Å². The summed E-state index contributed by atoms with van der Waals surface area (Å²) in [6.45, 7) is 0.203. The van der Waals surface area contributed by atoms with E-state index in [1.165, 1.54) is 0 Å². The number of benzene rings is 1. The van der Waals surface area contributed by atoms with E-state index >= 15 is 0 Å². The van der Waals surface area contributed by atoms with E-state index in [-0.39, 0.29) is 30.4 Å². The van der Waals surface area contributed by atoms with Crippen molar-refractivity contribution in [2.24, 2.45) is 0 Å². The van der Waals surface area contributed by atoms with Gasteiger partial charge in [0, 0.05) is 6.04 Å². The minimum absolute atomic E-state index is 0.0827. The van der Waals surface area contributed by atoms with Crippen LogP contribution in [0.1, 0.15) is 47.6 Å². The molecule has 0 radical (unpaired) electrons. The van der Waals surface area contributed by atoms with Crippen molar-refractivity contribution < 1.29 is 19.1 Å². The van der Waals surface area contributed by atoms with E-state index in [2.05, 4.69) is 5.32 Å². The number of nitrogens with one attached hydrogen (secondary N) is 1. The average Bonchev–Trinajstić information content (AvgIpc) is 3.11. The summed E-state index contributed by atoms with van der Waals surface area (Å²) >= 11 is 0. The fraction of sp³-hybridized carbons (Fsp3) is 0.368. The van der Waals surface area contributed by atoms with Crippen molar-refractivity contribution in [1.82, 2.24) is 5.32 Å². The third-order valence-corrected chi connectivity index (χ3v) is 4.28. The van der Waals surface area contributed by atoms with Crippen LogP contribution in [-0.4, -0.2) is 23.2 Å². The zero-order valence-corrected chi connectivity index (χ0v) is 13.8. The molecule has 0 saturated heterocycles. The summed E-state index contributed by atoms with van der Waals surface area (Å²) in [7, 11) is 0. The quantitative estimate of drug-likeness (QED) is 0.872. The molecule has 0 spiro atoms. The molecule has 6 nitrogen and oxygen atoms in total. The van der Waals surface area contributed by atoms with Crippen LogP contribution in [0.2, 0.25) is 0 Å². The summed E-state index contributed by atoms with van der Waals surface area (Å²) in [6.07, 6.45) is 2.74. The zero-order valence-electron chi connectivity index (χ0n) is 13.8. The monoisotopic (exact) mass is 340 g/mol. The van der Waals surface area contributed by atoms with Crippen molar-refractivity contribution in [3.05, 3.63) is 53.5 Å². The van der Waals surface area contributed by atoms with E-state index in [9.17, 15) is 9.90 Å². The number of rotatable bonds is 5. The lowest BCUT2D eigenvalue weighted by Crippen LogP contribution is -2.38. The van der Waals surface area contributed by atoms with Crippen LogP contribution in [0.5, 0.6) is 5.75 Å². The molecule has 130 valence electrons. The molecule has 1 heterocycles. The van der Waals surface area contributed by atoms with Crippen LogP contribution in [0.4, 0.5) is 0 Å². The predicted octanol–water partition coefficient (Wildman–Crippen LogP) is 2.76. The number of carbonyl (C=O) groups is 1. The summed E-state index contributed by atoms with van der Waals surface area (Å²) in [5.74, 6) is 1.19. The highest BCUT2D eigenvalue weighted by atomic mass is 16.5. The number of carbonyl (C=O) groups excluding carboxylic acids is 1. The minimum atomic E-state index is -0.247. The Hall–Kier alpha value is -2.78. The smallest absolute Gasteiger partial charge is 0.287 e. The SMILES string of the molecule is N#Cc1ccc(OCc2ccc(C(=O)NC3CCC(O)CC3)o2)cc1. The molecule has 0 atom stereocenters. The van der Waals surface area contributed by atoms with Gasteiger partial charge in [0.05, 0.1) is 17.7 Å². The molecule has 1 aliphatic carbocycles. The largest absolute Gasteiger partial charge is 0.486 e. The van der Waals surface area contributed by atoms with Crippen molar-refractivity contribution >= 4 is 5.91 Å². The summed E-state index contributed by atoms with van der Waals surface area (Å²) in [5.41, 5.74) is 0.569. The normalized spacial score (nSPS) is 19.8. The Bertz CT molecular complexity index is 752. The number of ether oxygens (including phenoxy) is 1. The highest BCUT2D eigenvalue weighted by Crippen LogP contribution is 2.19. The maximum Gasteiger partial charge on any atom is 0.287 e. The molecule has 3 rings (SSSR count). The van der Waals surface area contributed by atoms with Gasteiger partial charge in [-0.1, -0.05) is 0 Å². The molecule has 6 heteroatoms. The van der Waals surface area contributed by atoms with Crippen LogP contribution in [0.25, 0.3) is 0 Å². The molecule has 1 aromatic heterocycles. The molecule has 2 N–H and O–H groups in total. The molecule has 2 aromatic rings. The van der Waals surface area contributed by atoms with Crippen molar-refractivity contribution in [2.45, 2.75) is 44.4 Å². The molecule has 1 saturated carbocycles. The summed E-state index contributed by atoms with van der Waals surface area (Å²) in [6, 6.07) is 12.3. The van der Waals surface area contributed by atoms with Crippen LogP contribution >= 0.6 is 0 Å². The number of nitrogens with zero attached hydrogens (tertiary/aromatic N) is 1. The van der Waals surface area contributed by atoms with Crippen molar-refractivity contribution in [2.75, 3.05) is 0 Å². The van der Waals surface area contributed by atoms with Gasteiger partial charge in [-0.05, 0) is 62.1 Å². The Labute approximate surface area is 146 Å². The summed E-state index contributed by atoms with van der Waals surface area (Å²) in [5, 5.41) is 21.2. The number of aliphatic hydroxyl groups is 1.